The summed E-state index contributed by atoms with van der Waals surface area (Å²) in [6.45, 7) is 2.74. The van der Waals surface area contributed by atoms with E-state index in [4.69, 9.17) is 11.5 Å². The molecule has 4 N–H and O–H groups in total. The van der Waals surface area contributed by atoms with Crippen LogP contribution >= 0.6 is 0 Å². The van der Waals surface area contributed by atoms with Crippen molar-refractivity contribution < 1.29 is 4.39 Å². The Morgan fingerprint density at radius 2 is 2.20 bits per heavy atom. The molecule has 7 heteroatoms. The molecular weight excluding hydrogens is 321 g/mol. The Hall–Kier alpha value is -2.25. The summed E-state index contributed by atoms with van der Waals surface area (Å²) >= 11 is 0. The number of benzene rings is 1. The third-order valence-corrected chi connectivity index (χ3v) is 5.43. The molecule has 2 fully saturated rings. The molecule has 1 aliphatic heterocycles. The third-order valence-electron chi connectivity index (χ3n) is 5.43. The van der Waals surface area contributed by atoms with Crippen molar-refractivity contribution in [3.8, 4) is 5.69 Å². The molecule has 2 unspecified atom stereocenters. The van der Waals surface area contributed by atoms with Crippen LogP contribution in [0.25, 0.3) is 5.69 Å². The van der Waals surface area contributed by atoms with Gasteiger partial charge in [0.2, 0.25) is 0 Å². The highest BCUT2D eigenvalue weighted by Gasteiger charge is 2.53. The topological polar surface area (TPSA) is 90.2 Å². The summed E-state index contributed by atoms with van der Waals surface area (Å²) in [7, 11) is 0. The van der Waals surface area contributed by atoms with E-state index >= 15 is 0 Å². The summed E-state index contributed by atoms with van der Waals surface area (Å²) in [4.78, 5) is 17.9. The first-order valence-electron chi connectivity index (χ1n) is 8.60. The Kier molecular flexibility index (Phi) is 3.85. The molecular formula is C18H22FN5O. The quantitative estimate of drug-likeness (QED) is 0.861. The molecule has 1 saturated heterocycles. The van der Waals surface area contributed by atoms with E-state index in [0.717, 1.165) is 32.5 Å². The van der Waals surface area contributed by atoms with Crippen LogP contribution in [-0.2, 0) is 6.42 Å². The molecule has 25 heavy (non-hydrogen) atoms. The zero-order chi connectivity index (χ0) is 17.6. The van der Waals surface area contributed by atoms with Crippen LogP contribution in [-0.4, -0.2) is 39.6 Å². The zero-order valence-electron chi connectivity index (χ0n) is 14.0. The molecule has 2 heterocycles. The van der Waals surface area contributed by atoms with Gasteiger partial charge in [0, 0.05) is 24.8 Å². The van der Waals surface area contributed by atoms with Crippen molar-refractivity contribution in [1.82, 2.24) is 14.5 Å². The van der Waals surface area contributed by atoms with Crippen LogP contribution in [0.4, 0.5) is 10.2 Å². The number of halogens is 1. The van der Waals surface area contributed by atoms with E-state index < -0.39 is 5.69 Å². The molecule has 132 valence electrons. The highest BCUT2D eigenvalue weighted by molar-refractivity contribution is 5.37. The maximum atomic E-state index is 14.5. The lowest BCUT2D eigenvalue weighted by atomic mass is 10.1. The summed E-state index contributed by atoms with van der Waals surface area (Å²) in [6.07, 6.45) is 4.39. The first-order valence-corrected chi connectivity index (χ1v) is 8.60. The van der Waals surface area contributed by atoms with Crippen LogP contribution in [0.3, 0.4) is 0 Å². The van der Waals surface area contributed by atoms with Crippen LogP contribution in [0.5, 0.6) is 0 Å². The number of rotatable bonds is 4. The molecule has 6 nitrogen and oxygen atoms in total. The van der Waals surface area contributed by atoms with Gasteiger partial charge in [0.15, 0.2) is 0 Å². The summed E-state index contributed by atoms with van der Waals surface area (Å²) in [6, 6.07) is 6.34. The summed E-state index contributed by atoms with van der Waals surface area (Å²) < 4.78 is 15.7. The molecule has 0 amide bonds. The van der Waals surface area contributed by atoms with Crippen molar-refractivity contribution in [3.05, 3.63) is 52.3 Å². The van der Waals surface area contributed by atoms with E-state index in [2.05, 4.69) is 9.88 Å². The van der Waals surface area contributed by atoms with Gasteiger partial charge in [-0.15, -0.1) is 0 Å². The smallest absolute Gasteiger partial charge is 0.354 e. The predicted molar refractivity (Wildman–Crippen MR) is 94.0 cm³/mol. The Morgan fingerprint density at radius 1 is 1.36 bits per heavy atom. The van der Waals surface area contributed by atoms with Gasteiger partial charge in [-0.25, -0.2) is 9.18 Å². The van der Waals surface area contributed by atoms with Gasteiger partial charge >= 0.3 is 5.69 Å². The minimum atomic E-state index is -0.521. The number of piperidine rings is 1. The molecule has 2 atom stereocenters. The average molecular weight is 343 g/mol. The molecule has 0 radical (unpaired) electrons. The predicted octanol–water partition coefficient (Wildman–Crippen LogP) is 0.919. The van der Waals surface area contributed by atoms with E-state index in [9.17, 15) is 9.18 Å². The first-order chi connectivity index (χ1) is 11.9. The largest absolute Gasteiger partial charge is 0.383 e. The summed E-state index contributed by atoms with van der Waals surface area (Å²) in [5.74, 6) is 0.520. The van der Waals surface area contributed by atoms with Crippen molar-refractivity contribution in [2.24, 2.45) is 11.7 Å². The number of hydrogen-bond acceptors (Lipinski definition) is 5. The van der Waals surface area contributed by atoms with Crippen molar-refractivity contribution in [3.63, 3.8) is 0 Å². The van der Waals surface area contributed by atoms with Crippen LogP contribution in [0.1, 0.15) is 18.4 Å². The number of nitrogen functional groups attached to an aromatic ring is 1. The minimum Gasteiger partial charge on any atom is -0.383 e. The number of fused-ring (bicyclic) bond motifs is 1. The van der Waals surface area contributed by atoms with Gasteiger partial charge in [0.05, 0.1) is 5.69 Å². The van der Waals surface area contributed by atoms with Gasteiger partial charge < -0.3 is 16.4 Å². The molecule has 2 aliphatic rings. The lowest BCUT2D eigenvalue weighted by molar-refractivity contribution is 0.205. The van der Waals surface area contributed by atoms with Crippen molar-refractivity contribution in [1.29, 1.82) is 0 Å². The molecule has 1 aliphatic carbocycles. The number of nitrogens with two attached hydrogens (primary N) is 2. The number of hydrogen-bond donors (Lipinski definition) is 2. The lowest BCUT2D eigenvalue weighted by Crippen LogP contribution is -2.46. The Morgan fingerprint density at radius 3 is 2.92 bits per heavy atom. The van der Waals surface area contributed by atoms with Gasteiger partial charge in [-0.1, -0.05) is 6.07 Å². The van der Waals surface area contributed by atoms with Gasteiger partial charge in [0.25, 0.3) is 0 Å². The fourth-order valence-corrected chi connectivity index (χ4v) is 3.79. The van der Waals surface area contributed by atoms with Crippen LogP contribution in [0.15, 0.2) is 35.3 Å². The molecule has 1 aromatic carbocycles. The second-order valence-electron chi connectivity index (χ2n) is 7.23. The Balaban J connectivity index is 1.45. The second kappa shape index (κ2) is 5.93. The van der Waals surface area contributed by atoms with E-state index in [1.54, 1.807) is 12.1 Å². The van der Waals surface area contributed by atoms with E-state index in [0.29, 0.717) is 23.6 Å². The summed E-state index contributed by atoms with van der Waals surface area (Å²) in [5, 5.41) is 0. The normalized spacial score (nSPS) is 25.6. The maximum absolute atomic E-state index is 14.5. The number of anilines is 1. The fourth-order valence-electron chi connectivity index (χ4n) is 3.79. The second-order valence-corrected chi connectivity index (χ2v) is 7.23. The van der Waals surface area contributed by atoms with Gasteiger partial charge in [0.1, 0.15) is 11.6 Å². The lowest BCUT2D eigenvalue weighted by Gasteiger charge is -2.30. The van der Waals surface area contributed by atoms with Gasteiger partial charge in [-0.2, -0.15) is 4.98 Å². The molecule has 1 saturated carbocycles. The summed E-state index contributed by atoms with van der Waals surface area (Å²) in [5.41, 5.74) is 12.3. The SMILES string of the molecule is Nc1ccn(-c2ccc(CCN3CCC4CC4(N)C3)c(F)c2)c(=O)n1. The highest BCUT2D eigenvalue weighted by Crippen LogP contribution is 2.46. The molecule has 2 aromatic rings. The zero-order valence-corrected chi connectivity index (χ0v) is 14.0. The minimum absolute atomic E-state index is 0.00394. The molecule has 1 aromatic heterocycles. The van der Waals surface area contributed by atoms with Crippen LogP contribution < -0.4 is 17.2 Å². The van der Waals surface area contributed by atoms with Crippen molar-refractivity contribution in [2.45, 2.75) is 24.8 Å². The van der Waals surface area contributed by atoms with E-state index in [-0.39, 0.29) is 17.2 Å². The Bertz CT molecular complexity index is 867. The monoisotopic (exact) mass is 343 g/mol. The molecule has 4 rings (SSSR count). The highest BCUT2D eigenvalue weighted by atomic mass is 19.1. The van der Waals surface area contributed by atoms with E-state index in [1.165, 1.54) is 22.9 Å². The van der Waals surface area contributed by atoms with E-state index in [1.807, 2.05) is 0 Å². The third kappa shape index (κ3) is 3.17. The average Bonchev–Trinajstić information content (AvgIpc) is 3.24. The van der Waals surface area contributed by atoms with Gasteiger partial charge in [-0.05, 0) is 55.5 Å². The van der Waals surface area contributed by atoms with Gasteiger partial charge in [-0.3, -0.25) is 4.57 Å². The van der Waals surface area contributed by atoms with Crippen molar-refractivity contribution in [2.75, 3.05) is 25.4 Å². The van der Waals surface area contributed by atoms with Crippen LogP contribution in [0, 0.1) is 11.7 Å². The fraction of sp³-hybridized carbons (Fsp3) is 0.444. The molecule has 0 bridgehead atoms. The number of nitrogens with zero attached hydrogens (tertiary/aromatic N) is 3. The van der Waals surface area contributed by atoms with Crippen LogP contribution in [0.2, 0.25) is 0 Å². The van der Waals surface area contributed by atoms with Crippen molar-refractivity contribution >= 4 is 5.82 Å². The molecule has 0 spiro atoms. The first kappa shape index (κ1) is 16.2. The number of aromatic nitrogens is 2. The standard InChI is InChI=1S/C18H22FN5O/c19-15-9-14(24-8-5-16(20)22-17(24)25)2-1-12(15)3-6-23-7-4-13-10-18(13,21)11-23/h1-2,5,8-9,13H,3-4,6-7,10-11,21H2,(H2,20,22,25). The number of likely N-dealkylation sites (tertiary alicyclic amines) is 1. The maximum Gasteiger partial charge on any atom is 0.354 e. The Labute approximate surface area is 145 Å².